The van der Waals surface area contributed by atoms with Gasteiger partial charge >= 0.3 is 18.3 Å². The number of anilines is 1. The third kappa shape index (κ3) is 9.48. The average Bonchev–Trinajstić information content (AvgIpc) is 3.37. The quantitative estimate of drug-likeness (QED) is 0.134. The highest BCUT2D eigenvalue weighted by Gasteiger charge is 2.37. The Morgan fingerprint density at radius 1 is 0.981 bits per heavy atom. The molecule has 2 saturated heterocycles. The number of carbonyl (C=O) groups is 3. The number of alkyl halides is 6. The number of nitrogens with one attached hydrogen (secondary N) is 1. The predicted octanol–water partition coefficient (Wildman–Crippen LogP) is 6.17. The molecule has 0 bridgehead atoms. The summed E-state index contributed by atoms with van der Waals surface area (Å²) in [5, 5.41) is 10.1. The van der Waals surface area contributed by atoms with E-state index in [1.165, 1.54) is 60.5 Å². The summed E-state index contributed by atoms with van der Waals surface area (Å²) >= 11 is 6.22. The van der Waals surface area contributed by atoms with Gasteiger partial charge in [-0.15, -0.1) is 0 Å². The number of carboxylic acids is 1. The summed E-state index contributed by atoms with van der Waals surface area (Å²) in [4.78, 5) is 40.9. The molecule has 0 unspecified atom stereocenters. The molecule has 18 heteroatoms. The number of hydrogen-bond donors (Lipinski definition) is 2. The third-order valence-corrected chi connectivity index (χ3v) is 9.35. The van der Waals surface area contributed by atoms with Gasteiger partial charge in [-0.05, 0) is 71.8 Å². The van der Waals surface area contributed by atoms with Gasteiger partial charge in [0.15, 0.2) is 4.32 Å². The molecule has 2 heterocycles. The highest BCUT2D eigenvalue weighted by Crippen LogP contribution is 2.40. The largest absolute Gasteiger partial charge is 0.492 e. The lowest BCUT2D eigenvalue weighted by molar-refractivity contribution is -0.143. The van der Waals surface area contributed by atoms with Crippen LogP contribution in [-0.2, 0) is 26.7 Å². The summed E-state index contributed by atoms with van der Waals surface area (Å²) in [5.41, 5.74) is -0.0203. The van der Waals surface area contributed by atoms with Gasteiger partial charge in [0.05, 0.1) is 41.4 Å². The van der Waals surface area contributed by atoms with E-state index in [4.69, 9.17) is 26.8 Å². The SMILES string of the molecule is CN(C(=O)CNN1C(=O)/C(=C/c2cc(-c3cc(C(F)(F)F)cc(C(F)(F)F)c3)ccc2OCCN2CCOCC2)SC1=S)c1ccc(C(=O)O)cc1. The molecule has 2 aliphatic rings. The van der Waals surface area contributed by atoms with Crippen LogP contribution >= 0.6 is 24.0 Å². The summed E-state index contributed by atoms with van der Waals surface area (Å²) in [6.07, 6.45) is -8.74. The Kier molecular flexibility index (Phi) is 11.9. The maximum absolute atomic E-state index is 13.6. The highest BCUT2D eigenvalue weighted by molar-refractivity contribution is 8.26. The molecule has 2 fully saturated rings. The number of thiocarbonyl (C=S) groups is 1. The van der Waals surface area contributed by atoms with E-state index < -0.39 is 41.3 Å². The number of nitrogens with zero attached hydrogens (tertiary/aromatic N) is 3. The average molecular weight is 769 g/mol. The summed E-state index contributed by atoms with van der Waals surface area (Å²) in [7, 11) is 1.46. The van der Waals surface area contributed by atoms with Gasteiger partial charge < -0.3 is 19.5 Å². The molecule has 0 spiro atoms. The maximum atomic E-state index is 13.6. The Balaban J connectivity index is 1.40. The molecule has 276 valence electrons. The van der Waals surface area contributed by atoms with Crippen LogP contribution in [0.4, 0.5) is 32.0 Å². The number of hydrazine groups is 1. The first-order valence-corrected chi connectivity index (χ1v) is 16.7. The lowest BCUT2D eigenvalue weighted by Gasteiger charge is -2.26. The minimum Gasteiger partial charge on any atom is -0.492 e. The van der Waals surface area contributed by atoms with Crippen molar-refractivity contribution < 1.29 is 55.3 Å². The van der Waals surface area contributed by atoms with Gasteiger partial charge in [0, 0.05) is 37.9 Å². The molecule has 5 rings (SSSR count). The molecular weight excluding hydrogens is 739 g/mol. The first-order chi connectivity index (χ1) is 24.5. The fourth-order valence-electron chi connectivity index (χ4n) is 5.19. The van der Waals surface area contributed by atoms with Gasteiger partial charge in [-0.2, -0.15) is 26.3 Å². The summed E-state index contributed by atoms with van der Waals surface area (Å²) in [5.74, 6) is -2.08. The number of aromatic carboxylic acids is 1. The summed E-state index contributed by atoms with van der Waals surface area (Å²) in [6, 6.07) is 10.9. The summed E-state index contributed by atoms with van der Waals surface area (Å²) < 4.78 is 93.2. The minimum absolute atomic E-state index is 0.00186. The van der Waals surface area contributed by atoms with E-state index in [9.17, 15) is 40.7 Å². The van der Waals surface area contributed by atoms with Crippen molar-refractivity contribution in [3.63, 3.8) is 0 Å². The van der Waals surface area contributed by atoms with Crippen molar-refractivity contribution in [2.45, 2.75) is 12.4 Å². The molecule has 52 heavy (non-hydrogen) atoms. The zero-order valence-corrected chi connectivity index (χ0v) is 28.8. The van der Waals surface area contributed by atoms with Crippen LogP contribution in [0.15, 0.2) is 65.6 Å². The smallest absolute Gasteiger partial charge is 0.416 e. The van der Waals surface area contributed by atoms with E-state index >= 15 is 0 Å². The first-order valence-electron chi connectivity index (χ1n) is 15.5. The molecule has 0 atom stereocenters. The van der Waals surface area contributed by atoms with Crippen LogP contribution in [-0.4, -0.2) is 90.2 Å². The van der Waals surface area contributed by atoms with Gasteiger partial charge in [0.1, 0.15) is 12.4 Å². The van der Waals surface area contributed by atoms with Crippen molar-refractivity contribution >= 4 is 57.8 Å². The predicted molar refractivity (Wildman–Crippen MR) is 184 cm³/mol. The van der Waals surface area contributed by atoms with E-state index in [0.29, 0.717) is 50.7 Å². The molecule has 0 radical (unpaired) electrons. The Morgan fingerprint density at radius 2 is 1.62 bits per heavy atom. The molecule has 2 aliphatic heterocycles. The zero-order chi connectivity index (χ0) is 37.8. The van der Waals surface area contributed by atoms with E-state index in [1.807, 2.05) is 0 Å². The molecule has 3 aromatic carbocycles. The van der Waals surface area contributed by atoms with E-state index in [2.05, 4.69) is 10.3 Å². The van der Waals surface area contributed by atoms with Gasteiger partial charge in [0.2, 0.25) is 5.91 Å². The van der Waals surface area contributed by atoms with Crippen molar-refractivity contribution in [3.05, 3.63) is 87.8 Å². The Hall–Kier alpha value is -4.49. The number of thioether (sulfide) groups is 1. The topological polar surface area (TPSA) is 112 Å². The van der Waals surface area contributed by atoms with Crippen LogP contribution in [0.1, 0.15) is 27.0 Å². The number of halogens is 6. The number of carboxylic acid groups (broad SMARTS) is 1. The van der Waals surface area contributed by atoms with E-state index in [1.54, 1.807) is 0 Å². The second-order valence-electron chi connectivity index (χ2n) is 11.5. The number of benzene rings is 3. The molecular formula is C34H30F6N4O6S2. The van der Waals surface area contributed by atoms with Gasteiger partial charge in [-0.25, -0.2) is 15.2 Å². The molecule has 0 aromatic heterocycles. The minimum atomic E-state index is -5.05. The fraction of sp³-hybridized carbons (Fsp3) is 0.294. The van der Waals surface area contributed by atoms with Crippen LogP contribution in [0.5, 0.6) is 5.75 Å². The Bertz CT molecular complexity index is 1850. The molecule has 0 saturated carbocycles. The summed E-state index contributed by atoms with van der Waals surface area (Å²) in [6.45, 7) is 2.75. The number of hydrogen-bond acceptors (Lipinski definition) is 9. The van der Waals surface area contributed by atoms with Crippen LogP contribution in [0.3, 0.4) is 0 Å². The normalized spacial score (nSPS) is 16.4. The maximum Gasteiger partial charge on any atom is 0.416 e. The van der Waals surface area contributed by atoms with Crippen molar-refractivity contribution in [3.8, 4) is 16.9 Å². The van der Waals surface area contributed by atoms with Crippen LogP contribution in [0.25, 0.3) is 17.2 Å². The molecule has 3 aromatic rings. The second-order valence-corrected chi connectivity index (χ2v) is 13.2. The monoisotopic (exact) mass is 768 g/mol. The van der Waals surface area contributed by atoms with E-state index in [0.717, 1.165) is 16.8 Å². The number of likely N-dealkylation sites (N-methyl/N-ethyl adjacent to an activating group) is 1. The first kappa shape index (κ1) is 38.7. The van der Waals surface area contributed by atoms with Crippen LogP contribution in [0, 0.1) is 0 Å². The van der Waals surface area contributed by atoms with Crippen molar-refractivity contribution in [1.82, 2.24) is 15.3 Å². The molecule has 2 amide bonds. The van der Waals surface area contributed by atoms with Gasteiger partial charge in [0.25, 0.3) is 5.91 Å². The fourth-order valence-corrected chi connectivity index (χ4v) is 6.39. The van der Waals surface area contributed by atoms with E-state index in [-0.39, 0.29) is 56.4 Å². The van der Waals surface area contributed by atoms with Crippen LogP contribution < -0.4 is 15.1 Å². The zero-order valence-electron chi connectivity index (χ0n) is 27.2. The number of rotatable bonds is 11. The lowest BCUT2D eigenvalue weighted by Crippen LogP contribution is -2.46. The number of ether oxygens (including phenoxy) is 2. The number of amides is 2. The molecule has 10 nitrogen and oxygen atoms in total. The Labute approximate surface area is 302 Å². The Morgan fingerprint density at radius 3 is 2.21 bits per heavy atom. The second kappa shape index (κ2) is 16.0. The van der Waals surface area contributed by atoms with Gasteiger partial charge in [-0.1, -0.05) is 30.0 Å². The number of morpholine rings is 1. The number of carbonyl (C=O) groups excluding carboxylic acids is 2. The van der Waals surface area contributed by atoms with Crippen LogP contribution in [0.2, 0.25) is 0 Å². The van der Waals surface area contributed by atoms with Crippen molar-refractivity contribution in [2.75, 3.05) is 57.9 Å². The molecule has 2 N–H and O–H groups in total. The van der Waals surface area contributed by atoms with Crippen molar-refractivity contribution in [2.24, 2.45) is 0 Å². The third-order valence-electron chi connectivity index (χ3n) is 8.04. The lowest BCUT2D eigenvalue weighted by atomic mass is 9.97. The molecule has 0 aliphatic carbocycles. The van der Waals surface area contributed by atoms with Gasteiger partial charge in [-0.3, -0.25) is 14.5 Å². The standard InChI is InChI=1S/C34H30F6N4O6S2/c1-42(26-5-2-20(3-6-26)31(47)48)29(45)19-41-44-30(46)28(52-32(44)51)17-23-14-21(4-7-27(23)50-13-10-43-8-11-49-12-9-43)22-15-24(33(35,36)37)18-25(16-22)34(38,39)40/h2-7,14-18,41H,8-13,19H2,1H3,(H,47,48)/b28-17-. The van der Waals surface area contributed by atoms with Crippen molar-refractivity contribution in [1.29, 1.82) is 0 Å². The highest BCUT2D eigenvalue weighted by atomic mass is 32.2.